The van der Waals surface area contributed by atoms with Crippen molar-refractivity contribution in [1.29, 1.82) is 0 Å². The van der Waals surface area contributed by atoms with Gasteiger partial charge in [-0.3, -0.25) is 5.10 Å². The number of aromatic hydroxyl groups is 1. The van der Waals surface area contributed by atoms with Gasteiger partial charge in [0.05, 0.1) is 10.7 Å². The first kappa shape index (κ1) is 14.4. The Labute approximate surface area is 131 Å². The van der Waals surface area contributed by atoms with Gasteiger partial charge >= 0.3 is 0 Å². The summed E-state index contributed by atoms with van der Waals surface area (Å²) in [7, 11) is 0. The minimum Gasteiger partial charge on any atom is -0.506 e. The lowest BCUT2D eigenvalue weighted by Crippen LogP contribution is -1.97. The van der Waals surface area contributed by atoms with Gasteiger partial charge in [0.2, 0.25) is 4.77 Å². The number of nitrogens with one attached hydrogen (secondary N) is 1. The molecule has 5 nitrogen and oxygen atoms in total. The van der Waals surface area contributed by atoms with Crippen LogP contribution in [0.4, 0.5) is 0 Å². The molecule has 0 unspecified atom stereocenters. The van der Waals surface area contributed by atoms with Crippen molar-refractivity contribution in [1.82, 2.24) is 14.9 Å². The molecule has 0 saturated carbocycles. The summed E-state index contributed by atoms with van der Waals surface area (Å²) in [5, 5.41) is 20.9. The molecule has 0 aliphatic rings. The van der Waals surface area contributed by atoms with Gasteiger partial charge in [-0.1, -0.05) is 22.9 Å². The van der Waals surface area contributed by atoms with Crippen LogP contribution < -0.4 is 0 Å². The van der Waals surface area contributed by atoms with E-state index in [0.29, 0.717) is 21.2 Å². The molecule has 2 aromatic rings. The van der Waals surface area contributed by atoms with E-state index in [2.05, 4.69) is 47.2 Å². The SMILES string of the molecule is CCc1n[nH]c(=S)n1/N=C\c1cc(Br)cc(Br)c1O. The molecule has 2 rings (SSSR count). The molecule has 100 valence electrons. The Balaban J connectivity index is 2.43. The number of H-pyrrole nitrogens is 1. The summed E-state index contributed by atoms with van der Waals surface area (Å²) < 4.78 is 3.38. The van der Waals surface area contributed by atoms with Crippen LogP contribution in [0.3, 0.4) is 0 Å². The number of benzene rings is 1. The molecule has 8 heteroatoms. The molecule has 0 amide bonds. The maximum Gasteiger partial charge on any atom is 0.216 e. The zero-order valence-electron chi connectivity index (χ0n) is 9.89. The number of aromatic amines is 1. The van der Waals surface area contributed by atoms with Gasteiger partial charge in [0.25, 0.3) is 0 Å². The second-order valence-electron chi connectivity index (χ2n) is 3.68. The Bertz CT molecular complexity index is 692. The van der Waals surface area contributed by atoms with Gasteiger partial charge in [-0.05, 0) is 40.3 Å². The maximum atomic E-state index is 9.93. The fourth-order valence-electron chi connectivity index (χ4n) is 1.48. The fraction of sp³-hybridized carbons (Fsp3) is 0.182. The highest BCUT2D eigenvalue weighted by Gasteiger charge is 2.06. The summed E-state index contributed by atoms with van der Waals surface area (Å²) in [6, 6.07) is 3.52. The Morgan fingerprint density at radius 3 is 2.95 bits per heavy atom. The molecule has 0 saturated heterocycles. The van der Waals surface area contributed by atoms with Crippen molar-refractivity contribution in [3.05, 3.63) is 37.2 Å². The van der Waals surface area contributed by atoms with Gasteiger partial charge in [-0.15, -0.1) is 0 Å². The van der Waals surface area contributed by atoms with Crippen LogP contribution in [0.25, 0.3) is 0 Å². The summed E-state index contributed by atoms with van der Waals surface area (Å²) >= 11 is 11.7. The first-order valence-corrected chi connectivity index (χ1v) is 7.41. The summed E-state index contributed by atoms with van der Waals surface area (Å²) in [6.07, 6.45) is 2.24. The Morgan fingerprint density at radius 2 is 2.26 bits per heavy atom. The van der Waals surface area contributed by atoms with E-state index in [-0.39, 0.29) is 5.75 Å². The lowest BCUT2D eigenvalue weighted by molar-refractivity contribution is 0.471. The third-order valence-corrected chi connectivity index (χ3v) is 3.73. The molecule has 0 fully saturated rings. The van der Waals surface area contributed by atoms with Crippen molar-refractivity contribution >= 4 is 50.3 Å². The Kier molecular flexibility index (Phi) is 4.54. The molecule has 2 N–H and O–H groups in total. The topological polar surface area (TPSA) is 66.2 Å². The lowest BCUT2D eigenvalue weighted by atomic mass is 10.2. The minimum absolute atomic E-state index is 0.125. The number of hydrogen-bond donors (Lipinski definition) is 2. The molecule has 0 radical (unpaired) electrons. The minimum atomic E-state index is 0.125. The van der Waals surface area contributed by atoms with E-state index in [9.17, 15) is 5.11 Å². The second kappa shape index (κ2) is 5.98. The van der Waals surface area contributed by atoms with Crippen molar-refractivity contribution < 1.29 is 5.11 Å². The van der Waals surface area contributed by atoms with E-state index in [1.165, 1.54) is 10.9 Å². The first-order valence-electron chi connectivity index (χ1n) is 5.41. The predicted octanol–water partition coefficient (Wildman–Crippen LogP) is 3.62. The predicted molar refractivity (Wildman–Crippen MR) is 83.3 cm³/mol. The van der Waals surface area contributed by atoms with Crippen LogP contribution in [0.2, 0.25) is 0 Å². The number of phenolic OH excluding ortho intramolecular Hbond substituents is 1. The van der Waals surface area contributed by atoms with Crippen LogP contribution >= 0.6 is 44.1 Å². The van der Waals surface area contributed by atoms with Crippen LogP contribution in [-0.4, -0.2) is 26.2 Å². The van der Waals surface area contributed by atoms with Crippen molar-refractivity contribution in [2.45, 2.75) is 13.3 Å². The fourth-order valence-corrected chi connectivity index (χ4v) is 2.93. The number of rotatable bonds is 3. The monoisotopic (exact) mass is 404 g/mol. The average Bonchev–Trinajstić information content (AvgIpc) is 2.72. The molecular formula is C11H10Br2N4OS. The van der Waals surface area contributed by atoms with Gasteiger partial charge < -0.3 is 5.11 Å². The molecule has 1 aromatic carbocycles. The highest BCUT2D eigenvalue weighted by molar-refractivity contribution is 9.11. The molecule has 0 spiro atoms. The van der Waals surface area contributed by atoms with Crippen LogP contribution in [0.5, 0.6) is 5.75 Å². The maximum absolute atomic E-state index is 9.93. The summed E-state index contributed by atoms with van der Waals surface area (Å²) in [5.74, 6) is 0.856. The highest BCUT2D eigenvalue weighted by atomic mass is 79.9. The van der Waals surface area contributed by atoms with Gasteiger partial charge in [0.15, 0.2) is 5.82 Å². The number of halogens is 2. The quantitative estimate of drug-likeness (QED) is 0.605. The molecule has 19 heavy (non-hydrogen) atoms. The number of aryl methyl sites for hydroxylation is 1. The third kappa shape index (κ3) is 3.13. The van der Waals surface area contributed by atoms with Gasteiger partial charge in [0.1, 0.15) is 5.75 Å². The van der Waals surface area contributed by atoms with Crippen molar-refractivity contribution in [3.8, 4) is 5.75 Å². The molecule has 0 bridgehead atoms. The largest absolute Gasteiger partial charge is 0.506 e. The van der Waals surface area contributed by atoms with Crippen molar-refractivity contribution in [2.24, 2.45) is 5.10 Å². The zero-order valence-corrected chi connectivity index (χ0v) is 13.9. The van der Waals surface area contributed by atoms with Crippen LogP contribution in [0, 0.1) is 4.77 Å². The summed E-state index contributed by atoms with van der Waals surface area (Å²) in [6.45, 7) is 1.96. The van der Waals surface area contributed by atoms with Gasteiger partial charge in [0, 0.05) is 16.5 Å². The Hall–Kier alpha value is -0.990. The summed E-state index contributed by atoms with van der Waals surface area (Å²) in [5.41, 5.74) is 0.575. The van der Waals surface area contributed by atoms with E-state index in [1.807, 2.05) is 6.92 Å². The molecule has 0 aliphatic carbocycles. The zero-order chi connectivity index (χ0) is 14.0. The molecule has 1 heterocycles. The third-order valence-electron chi connectivity index (χ3n) is 2.40. The molecular weight excluding hydrogens is 396 g/mol. The number of hydrogen-bond acceptors (Lipinski definition) is 4. The molecule has 1 aromatic heterocycles. The Morgan fingerprint density at radius 1 is 1.53 bits per heavy atom. The number of phenols is 1. The first-order chi connectivity index (χ1) is 9.02. The van der Waals surface area contributed by atoms with Gasteiger partial charge in [-0.25, -0.2) is 0 Å². The number of nitrogens with zero attached hydrogens (tertiary/aromatic N) is 3. The standard InChI is InChI=1S/C11H10Br2N4OS/c1-2-9-15-16-11(19)17(9)14-5-6-3-7(12)4-8(13)10(6)18/h3-5,18H,2H2,1H3,(H,16,19)/b14-5-. The highest BCUT2D eigenvalue weighted by Crippen LogP contribution is 2.30. The normalized spacial score (nSPS) is 11.3. The van der Waals surface area contributed by atoms with E-state index in [1.54, 1.807) is 12.1 Å². The molecule has 0 atom stereocenters. The molecule has 0 aliphatic heterocycles. The van der Waals surface area contributed by atoms with E-state index in [4.69, 9.17) is 12.2 Å². The average molecular weight is 406 g/mol. The van der Waals surface area contributed by atoms with Crippen LogP contribution in [-0.2, 0) is 6.42 Å². The lowest BCUT2D eigenvalue weighted by Gasteiger charge is -2.03. The van der Waals surface area contributed by atoms with Crippen LogP contribution in [0.15, 0.2) is 26.2 Å². The number of aromatic nitrogens is 3. The van der Waals surface area contributed by atoms with Crippen molar-refractivity contribution in [3.63, 3.8) is 0 Å². The smallest absolute Gasteiger partial charge is 0.216 e. The van der Waals surface area contributed by atoms with Crippen molar-refractivity contribution in [2.75, 3.05) is 0 Å². The van der Waals surface area contributed by atoms with E-state index < -0.39 is 0 Å². The van der Waals surface area contributed by atoms with Crippen LogP contribution in [0.1, 0.15) is 18.3 Å². The second-order valence-corrected chi connectivity index (χ2v) is 5.84. The van der Waals surface area contributed by atoms with E-state index >= 15 is 0 Å². The summed E-state index contributed by atoms with van der Waals surface area (Å²) in [4.78, 5) is 0. The van der Waals surface area contributed by atoms with Gasteiger partial charge in [-0.2, -0.15) is 14.9 Å². The van der Waals surface area contributed by atoms with E-state index in [0.717, 1.165) is 10.3 Å².